The lowest BCUT2D eigenvalue weighted by Crippen LogP contribution is -2.43. The monoisotopic (exact) mass is 316 g/mol. The summed E-state index contributed by atoms with van der Waals surface area (Å²) < 4.78 is 10.3. The Morgan fingerprint density at radius 1 is 1.30 bits per heavy atom. The number of amides is 1. The SMILES string of the molecule is O=C(O)C1C2CCCC2CN1C(=O)c1cc(-c2ccco2)on1. The van der Waals surface area contributed by atoms with E-state index in [9.17, 15) is 14.7 Å². The Hall–Kier alpha value is -2.57. The van der Waals surface area contributed by atoms with Gasteiger partial charge < -0.3 is 18.9 Å². The molecule has 2 aromatic rings. The minimum Gasteiger partial charge on any atom is -0.480 e. The first kappa shape index (κ1) is 14.0. The van der Waals surface area contributed by atoms with Gasteiger partial charge in [0.2, 0.25) is 5.76 Å². The second-order valence-corrected chi connectivity index (χ2v) is 6.15. The molecule has 1 aliphatic heterocycles. The van der Waals surface area contributed by atoms with E-state index in [1.54, 1.807) is 12.1 Å². The van der Waals surface area contributed by atoms with Crippen LogP contribution in [0.15, 0.2) is 33.4 Å². The van der Waals surface area contributed by atoms with Crippen molar-refractivity contribution in [2.45, 2.75) is 25.3 Å². The molecule has 120 valence electrons. The quantitative estimate of drug-likeness (QED) is 0.933. The van der Waals surface area contributed by atoms with Crippen LogP contribution in [0.3, 0.4) is 0 Å². The fourth-order valence-corrected chi connectivity index (χ4v) is 3.89. The number of fused-ring (bicyclic) bond motifs is 1. The predicted octanol–water partition coefficient (Wildman–Crippen LogP) is 2.26. The highest BCUT2D eigenvalue weighted by molar-refractivity contribution is 5.96. The largest absolute Gasteiger partial charge is 0.480 e. The molecule has 2 fully saturated rings. The molecule has 7 heteroatoms. The fraction of sp³-hybridized carbons (Fsp3) is 0.438. The Bertz CT molecular complexity index is 735. The Balaban J connectivity index is 1.60. The van der Waals surface area contributed by atoms with E-state index < -0.39 is 17.9 Å². The van der Waals surface area contributed by atoms with Gasteiger partial charge in [-0.2, -0.15) is 0 Å². The van der Waals surface area contributed by atoms with Gasteiger partial charge in [0, 0.05) is 12.6 Å². The average Bonchev–Trinajstić information content (AvgIpc) is 3.26. The molecule has 2 aliphatic rings. The predicted molar refractivity (Wildman–Crippen MR) is 77.5 cm³/mol. The van der Waals surface area contributed by atoms with Gasteiger partial charge in [0.05, 0.1) is 6.26 Å². The van der Waals surface area contributed by atoms with Crippen molar-refractivity contribution in [1.29, 1.82) is 0 Å². The first-order chi connectivity index (χ1) is 11.1. The molecular weight excluding hydrogens is 300 g/mol. The van der Waals surface area contributed by atoms with E-state index in [0.717, 1.165) is 19.3 Å². The van der Waals surface area contributed by atoms with E-state index in [1.807, 2.05) is 0 Å². The molecule has 0 spiro atoms. The van der Waals surface area contributed by atoms with Crippen LogP contribution < -0.4 is 0 Å². The molecule has 1 saturated carbocycles. The zero-order valence-electron chi connectivity index (χ0n) is 12.3. The third-order valence-corrected chi connectivity index (χ3v) is 4.90. The first-order valence-electron chi connectivity index (χ1n) is 7.69. The van der Waals surface area contributed by atoms with Crippen molar-refractivity contribution in [2.75, 3.05) is 6.54 Å². The topological polar surface area (TPSA) is 96.8 Å². The maximum atomic E-state index is 12.7. The van der Waals surface area contributed by atoms with Crippen LogP contribution >= 0.6 is 0 Å². The standard InChI is InChI=1S/C16H16N2O5/c19-15(11-7-13(23-17-11)12-5-2-6-22-12)18-8-9-3-1-4-10(9)14(18)16(20)21/h2,5-7,9-10,14H,1,3-4,8H2,(H,20,21). The summed E-state index contributed by atoms with van der Waals surface area (Å²) in [6.45, 7) is 0.476. The van der Waals surface area contributed by atoms with Crippen molar-refractivity contribution in [3.63, 3.8) is 0 Å². The number of aliphatic carboxylic acids is 1. The van der Waals surface area contributed by atoms with Gasteiger partial charge in [-0.25, -0.2) is 4.79 Å². The van der Waals surface area contributed by atoms with Gasteiger partial charge >= 0.3 is 5.97 Å². The van der Waals surface area contributed by atoms with E-state index in [1.165, 1.54) is 17.2 Å². The van der Waals surface area contributed by atoms with Gasteiger partial charge in [0.15, 0.2) is 11.5 Å². The van der Waals surface area contributed by atoms with Crippen LogP contribution in [0.1, 0.15) is 29.8 Å². The molecule has 23 heavy (non-hydrogen) atoms. The summed E-state index contributed by atoms with van der Waals surface area (Å²) in [6.07, 6.45) is 4.38. The van der Waals surface area contributed by atoms with E-state index in [4.69, 9.17) is 8.94 Å². The third kappa shape index (κ3) is 2.23. The summed E-state index contributed by atoms with van der Waals surface area (Å²) >= 11 is 0. The van der Waals surface area contributed by atoms with Crippen molar-refractivity contribution in [1.82, 2.24) is 10.1 Å². The van der Waals surface area contributed by atoms with Gasteiger partial charge in [0.25, 0.3) is 5.91 Å². The Morgan fingerprint density at radius 2 is 2.17 bits per heavy atom. The summed E-state index contributed by atoms with van der Waals surface area (Å²) in [5.41, 5.74) is 0.114. The molecule has 1 amide bonds. The van der Waals surface area contributed by atoms with Crippen molar-refractivity contribution in [2.24, 2.45) is 11.8 Å². The molecule has 7 nitrogen and oxygen atoms in total. The molecule has 0 radical (unpaired) electrons. The first-order valence-corrected chi connectivity index (χ1v) is 7.69. The number of aromatic nitrogens is 1. The molecular formula is C16H16N2O5. The lowest BCUT2D eigenvalue weighted by Gasteiger charge is -2.23. The van der Waals surface area contributed by atoms with Crippen LogP contribution in [-0.2, 0) is 4.79 Å². The van der Waals surface area contributed by atoms with Crippen molar-refractivity contribution >= 4 is 11.9 Å². The molecule has 1 aliphatic carbocycles. The minimum absolute atomic E-state index is 0.0490. The fourth-order valence-electron chi connectivity index (χ4n) is 3.89. The number of carbonyl (C=O) groups is 2. The second kappa shape index (κ2) is 5.26. The van der Waals surface area contributed by atoms with Gasteiger partial charge in [-0.3, -0.25) is 4.79 Å². The van der Waals surface area contributed by atoms with Crippen molar-refractivity contribution in [3.05, 3.63) is 30.2 Å². The summed E-state index contributed by atoms with van der Waals surface area (Å²) in [5, 5.41) is 13.3. The second-order valence-electron chi connectivity index (χ2n) is 6.15. The van der Waals surface area contributed by atoms with Crippen LogP contribution in [0.5, 0.6) is 0 Å². The highest BCUT2D eigenvalue weighted by Crippen LogP contribution is 2.42. The molecule has 3 heterocycles. The molecule has 3 atom stereocenters. The number of furan rings is 1. The number of hydrogen-bond acceptors (Lipinski definition) is 5. The van der Waals surface area contributed by atoms with Crippen LogP contribution in [0, 0.1) is 11.8 Å². The minimum atomic E-state index is -0.942. The van der Waals surface area contributed by atoms with Crippen molar-refractivity contribution in [3.8, 4) is 11.5 Å². The number of carboxylic acids is 1. The van der Waals surface area contributed by atoms with Crippen LogP contribution in [-0.4, -0.2) is 39.6 Å². The maximum absolute atomic E-state index is 12.7. The summed E-state index contributed by atoms with van der Waals surface area (Å²) in [4.78, 5) is 25.7. The van der Waals surface area contributed by atoms with E-state index >= 15 is 0 Å². The zero-order chi connectivity index (χ0) is 16.0. The van der Waals surface area contributed by atoms with Crippen LogP contribution in [0.2, 0.25) is 0 Å². The van der Waals surface area contributed by atoms with Crippen LogP contribution in [0.25, 0.3) is 11.5 Å². The number of hydrogen-bond donors (Lipinski definition) is 1. The molecule has 0 bridgehead atoms. The summed E-state index contributed by atoms with van der Waals surface area (Å²) in [7, 11) is 0. The molecule has 3 unspecified atom stereocenters. The highest BCUT2D eigenvalue weighted by Gasteiger charge is 2.50. The van der Waals surface area contributed by atoms with Gasteiger partial charge in [-0.05, 0) is 36.8 Å². The number of likely N-dealkylation sites (tertiary alicyclic amines) is 1. The number of nitrogens with zero attached hydrogens (tertiary/aromatic N) is 2. The Morgan fingerprint density at radius 3 is 2.91 bits per heavy atom. The zero-order valence-corrected chi connectivity index (χ0v) is 12.3. The summed E-state index contributed by atoms with van der Waals surface area (Å²) in [6, 6.07) is 4.14. The maximum Gasteiger partial charge on any atom is 0.326 e. The van der Waals surface area contributed by atoms with Gasteiger partial charge in [0.1, 0.15) is 6.04 Å². The lowest BCUT2D eigenvalue weighted by molar-refractivity contribution is -0.142. The number of carboxylic acid groups (broad SMARTS) is 1. The van der Waals surface area contributed by atoms with E-state index in [2.05, 4.69) is 5.16 Å². The van der Waals surface area contributed by atoms with E-state index in [-0.39, 0.29) is 17.5 Å². The normalized spacial score (nSPS) is 26.4. The molecule has 0 aromatic carbocycles. The smallest absolute Gasteiger partial charge is 0.326 e. The number of rotatable bonds is 3. The molecule has 1 saturated heterocycles. The molecule has 1 N–H and O–H groups in total. The van der Waals surface area contributed by atoms with Gasteiger partial charge in [-0.1, -0.05) is 11.6 Å². The lowest BCUT2D eigenvalue weighted by atomic mass is 9.94. The molecule has 2 aromatic heterocycles. The summed E-state index contributed by atoms with van der Waals surface area (Å²) in [5.74, 6) is -0.186. The number of carbonyl (C=O) groups excluding carboxylic acids is 1. The van der Waals surface area contributed by atoms with E-state index in [0.29, 0.717) is 18.1 Å². The van der Waals surface area contributed by atoms with Gasteiger partial charge in [-0.15, -0.1) is 0 Å². The highest BCUT2D eigenvalue weighted by atomic mass is 16.5. The Kier molecular flexibility index (Phi) is 3.21. The van der Waals surface area contributed by atoms with Crippen LogP contribution in [0.4, 0.5) is 0 Å². The third-order valence-electron chi connectivity index (χ3n) is 4.90. The Labute approximate surface area is 131 Å². The average molecular weight is 316 g/mol. The van der Waals surface area contributed by atoms with Crippen molar-refractivity contribution < 1.29 is 23.6 Å². The molecule has 4 rings (SSSR count).